The van der Waals surface area contributed by atoms with Gasteiger partial charge in [0.2, 0.25) is 0 Å². The number of benzene rings is 1. The van der Waals surface area contributed by atoms with Crippen LogP contribution in [-0.4, -0.2) is 42.4 Å². The van der Waals surface area contributed by atoms with Crippen molar-refractivity contribution in [3.05, 3.63) is 18.2 Å². The molecule has 104 valence electrons. The van der Waals surface area contributed by atoms with Gasteiger partial charge in [0.1, 0.15) is 13.2 Å². The number of nitrogens with zero attached hydrogens (tertiary/aromatic N) is 3. The van der Waals surface area contributed by atoms with Crippen molar-refractivity contribution in [2.24, 2.45) is 0 Å². The van der Waals surface area contributed by atoms with Crippen molar-refractivity contribution in [1.29, 1.82) is 0 Å². The summed E-state index contributed by atoms with van der Waals surface area (Å²) in [6.45, 7) is 1.08. The van der Waals surface area contributed by atoms with E-state index in [2.05, 4.69) is 15.0 Å². The molecule has 1 aliphatic heterocycles. The SMILES string of the molecule is COc1nc(OC)nc(-c2ccc3c(c2)OCCO3)n1. The topological polar surface area (TPSA) is 75.6 Å². The minimum Gasteiger partial charge on any atom is -0.486 e. The van der Waals surface area contributed by atoms with Crippen LogP contribution < -0.4 is 18.9 Å². The van der Waals surface area contributed by atoms with Crippen molar-refractivity contribution < 1.29 is 18.9 Å². The summed E-state index contributed by atoms with van der Waals surface area (Å²) in [5.74, 6) is 1.84. The molecular formula is C13H13N3O4. The highest BCUT2D eigenvalue weighted by molar-refractivity contribution is 5.61. The number of hydrogen-bond donors (Lipinski definition) is 0. The highest BCUT2D eigenvalue weighted by Gasteiger charge is 2.15. The molecule has 0 radical (unpaired) electrons. The number of fused-ring (bicyclic) bond motifs is 1. The summed E-state index contributed by atoms with van der Waals surface area (Å²) in [6.07, 6.45) is 0. The molecule has 0 N–H and O–H groups in total. The van der Waals surface area contributed by atoms with Crippen molar-refractivity contribution in [2.45, 2.75) is 0 Å². The van der Waals surface area contributed by atoms with Crippen LogP contribution in [0.3, 0.4) is 0 Å². The predicted octanol–water partition coefficient (Wildman–Crippen LogP) is 1.33. The lowest BCUT2D eigenvalue weighted by Crippen LogP contribution is -2.15. The van der Waals surface area contributed by atoms with Gasteiger partial charge in [-0.05, 0) is 18.2 Å². The molecule has 20 heavy (non-hydrogen) atoms. The monoisotopic (exact) mass is 275 g/mol. The molecule has 0 spiro atoms. The molecule has 0 unspecified atom stereocenters. The van der Waals surface area contributed by atoms with Gasteiger partial charge >= 0.3 is 12.0 Å². The van der Waals surface area contributed by atoms with Gasteiger partial charge in [-0.2, -0.15) is 9.97 Å². The lowest BCUT2D eigenvalue weighted by atomic mass is 10.2. The molecule has 0 amide bonds. The van der Waals surface area contributed by atoms with E-state index in [1.807, 2.05) is 18.2 Å². The van der Waals surface area contributed by atoms with Gasteiger partial charge in [-0.3, -0.25) is 0 Å². The maximum atomic E-state index is 5.54. The zero-order valence-corrected chi connectivity index (χ0v) is 11.1. The third-order valence-electron chi connectivity index (χ3n) is 2.76. The molecule has 0 saturated carbocycles. The van der Waals surface area contributed by atoms with E-state index in [0.29, 0.717) is 30.5 Å². The van der Waals surface area contributed by atoms with Crippen molar-refractivity contribution in [3.8, 4) is 34.9 Å². The minimum atomic E-state index is 0.196. The van der Waals surface area contributed by atoms with E-state index in [4.69, 9.17) is 18.9 Å². The fourth-order valence-corrected chi connectivity index (χ4v) is 1.83. The fraction of sp³-hybridized carbons (Fsp3) is 0.308. The van der Waals surface area contributed by atoms with E-state index < -0.39 is 0 Å². The Morgan fingerprint density at radius 1 is 0.900 bits per heavy atom. The molecule has 0 fully saturated rings. The zero-order chi connectivity index (χ0) is 13.9. The van der Waals surface area contributed by atoms with Crippen LogP contribution in [0, 0.1) is 0 Å². The molecule has 1 aromatic carbocycles. The Hall–Kier alpha value is -2.57. The number of aromatic nitrogens is 3. The van der Waals surface area contributed by atoms with Crippen molar-refractivity contribution >= 4 is 0 Å². The molecule has 0 atom stereocenters. The molecule has 7 nitrogen and oxygen atoms in total. The van der Waals surface area contributed by atoms with Crippen LogP contribution in [-0.2, 0) is 0 Å². The highest BCUT2D eigenvalue weighted by atomic mass is 16.6. The van der Waals surface area contributed by atoms with Gasteiger partial charge in [-0.1, -0.05) is 0 Å². The average molecular weight is 275 g/mol. The predicted molar refractivity (Wildman–Crippen MR) is 69.4 cm³/mol. The lowest BCUT2D eigenvalue weighted by molar-refractivity contribution is 0.171. The first kappa shape index (κ1) is 12.5. The molecular weight excluding hydrogens is 262 g/mol. The molecule has 0 saturated heterocycles. The summed E-state index contributed by atoms with van der Waals surface area (Å²) >= 11 is 0. The Kier molecular flexibility index (Phi) is 3.24. The minimum absolute atomic E-state index is 0.196. The number of hydrogen-bond acceptors (Lipinski definition) is 7. The first-order chi connectivity index (χ1) is 9.80. The third-order valence-corrected chi connectivity index (χ3v) is 2.76. The second-order valence-electron chi connectivity index (χ2n) is 3.99. The molecule has 1 aromatic heterocycles. The first-order valence-corrected chi connectivity index (χ1v) is 6.04. The van der Waals surface area contributed by atoms with E-state index in [0.717, 1.165) is 5.56 Å². The van der Waals surface area contributed by atoms with Crippen LogP contribution in [0.4, 0.5) is 0 Å². The molecule has 7 heteroatoms. The summed E-state index contributed by atoms with van der Waals surface area (Å²) in [4.78, 5) is 12.4. The fourth-order valence-electron chi connectivity index (χ4n) is 1.83. The largest absolute Gasteiger partial charge is 0.486 e. The first-order valence-electron chi connectivity index (χ1n) is 6.04. The van der Waals surface area contributed by atoms with Crippen LogP contribution >= 0.6 is 0 Å². The van der Waals surface area contributed by atoms with Gasteiger partial charge in [-0.15, -0.1) is 4.98 Å². The van der Waals surface area contributed by atoms with Gasteiger partial charge in [0.15, 0.2) is 17.3 Å². The molecule has 0 bridgehead atoms. The van der Waals surface area contributed by atoms with Crippen LogP contribution in [0.25, 0.3) is 11.4 Å². The Morgan fingerprint density at radius 2 is 1.55 bits per heavy atom. The normalized spacial score (nSPS) is 12.9. The van der Waals surface area contributed by atoms with Crippen LogP contribution in [0.15, 0.2) is 18.2 Å². The summed E-state index contributed by atoms with van der Waals surface area (Å²) in [6, 6.07) is 5.89. The average Bonchev–Trinajstić information content (AvgIpc) is 2.53. The number of rotatable bonds is 3. The summed E-state index contributed by atoms with van der Waals surface area (Å²) in [5, 5.41) is 0. The Morgan fingerprint density at radius 3 is 2.20 bits per heavy atom. The maximum absolute atomic E-state index is 5.54. The standard InChI is InChI=1S/C13H13N3O4/c1-17-12-14-11(15-13(16-12)18-2)8-3-4-9-10(7-8)20-6-5-19-9/h3-4,7H,5-6H2,1-2H3. The van der Waals surface area contributed by atoms with Crippen LogP contribution in [0.5, 0.6) is 23.5 Å². The summed E-state index contributed by atoms with van der Waals surface area (Å²) in [7, 11) is 2.98. The van der Waals surface area contributed by atoms with Crippen molar-refractivity contribution in [3.63, 3.8) is 0 Å². The third kappa shape index (κ3) is 2.29. The van der Waals surface area contributed by atoms with Gasteiger partial charge in [0, 0.05) is 5.56 Å². The molecule has 3 rings (SSSR count). The van der Waals surface area contributed by atoms with E-state index in [9.17, 15) is 0 Å². The van der Waals surface area contributed by atoms with Gasteiger partial charge in [-0.25, -0.2) is 0 Å². The zero-order valence-electron chi connectivity index (χ0n) is 11.1. The van der Waals surface area contributed by atoms with E-state index in [-0.39, 0.29) is 12.0 Å². The Bertz CT molecular complexity index is 611. The van der Waals surface area contributed by atoms with Gasteiger partial charge in [0.05, 0.1) is 14.2 Å². The molecule has 0 aliphatic carbocycles. The Balaban J connectivity index is 2.03. The second-order valence-corrected chi connectivity index (χ2v) is 3.99. The quantitative estimate of drug-likeness (QED) is 0.836. The van der Waals surface area contributed by atoms with Crippen molar-refractivity contribution in [1.82, 2.24) is 15.0 Å². The van der Waals surface area contributed by atoms with Gasteiger partial charge in [0.25, 0.3) is 0 Å². The molecule has 1 aliphatic rings. The van der Waals surface area contributed by atoms with Gasteiger partial charge < -0.3 is 18.9 Å². The number of ether oxygens (including phenoxy) is 4. The summed E-state index contributed by atoms with van der Waals surface area (Å²) < 4.78 is 21.1. The lowest BCUT2D eigenvalue weighted by Gasteiger charge is -2.18. The smallest absolute Gasteiger partial charge is 0.322 e. The highest BCUT2D eigenvalue weighted by Crippen LogP contribution is 2.34. The van der Waals surface area contributed by atoms with Crippen molar-refractivity contribution in [2.75, 3.05) is 27.4 Å². The Labute approximate surface area is 115 Å². The van der Waals surface area contributed by atoms with E-state index >= 15 is 0 Å². The second kappa shape index (κ2) is 5.20. The maximum Gasteiger partial charge on any atom is 0.322 e. The van der Waals surface area contributed by atoms with Crippen LogP contribution in [0.2, 0.25) is 0 Å². The molecule has 2 heterocycles. The van der Waals surface area contributed by atoms with E-state index in [1.165, 1.54) is 14.2 Å². The van der Waals surface area contributed by atoms with E-state index in [1.54, 1.807) is 0 Å². The summed E-state index contributed by atoms with van der Waals surface area (Å²) in [5.41, 5.74) is 0.772. The molecule has 2 aromatic rings. The number of methoxy groups -OCH3 is 2. The van der Waals surface area contributed by atoms with Crippen LogP contribution in [0.1, 0.15) is 0 Å².